The molecule has 3 heteroatoms. The van der Waals surface area contributed by atoms with Crippen molar-refractivity contribution in [1.29, 1.82) is 0 Å². The second-order valence-corrected chi connectivity index (χ2v) is 5.47. The normalized spacial score (nSPS) is 12.5. The summed E-state index contributed by atoms with van der Waals surface area (Å²) in [5.74, 6) is 0. The topological polar surface area (TPSA) is 32.7 Å². The van der Waals surface area contributed by atoms with E-state index in [0.29, 0.717) is 19.8 Å². The van der Waals surface area contributed by atoms with Crippen LogP contribution < -0.4 is 0 Å². The van der Waals surface area contributed by atoms with E-state index in [1.54, 1.807) is 0 Å². The van der Waals surface area contributed by atoms with Gasteiger partial charge in [0.25, 0.3) is 0 Å². The van der Waals surface area contributed by atoms with Crippen molar-refractivity contribution >= 4 is 0 Å². The van der Waals surface area contributed by atoms with Crippen LogP contribution >= 0.6 is 0 Å². The third kappa shape index (κ3) is 5.98. The van der Waals surface area contributed by atoms with Gasteiger partial charge in [-0.2, -0.15) is 0 Å². The van der Waals surface area contributed by atoms with Gasteiger partial charge < -0.3 is 9.84 Å². The van der Waals surface area contributed by atoms with Crippen LogP contribution in [0.5, 0.6) is 0 Å². The lowest BCUT2D eigenvalue weighted by molar-refractivity contribution is 0.00941. The molecule has 0 heterocycles. The van der Waals surface area contributed by atoms with Crippen molar-refractivity contribution in [2.24, 2.45) is 0 Å². The zero-order chi connectivity index (χ0) is 15.6. The first-order valence-corrected chi connectivity index (χ1v) is 7.84. The molecule has 0 saturated carbocycles. The number of ether oxygens (including phenoxy) is 1. The maximum Gasteiger partial charge on any atom is 0.0900 e. The highest BCUT2D eigenvalue weighted by molar-refractivity contribution is 5.14. The number of hydrogen-bond donors (Lipinski definition) is 1. The van der Waals surface area contributed by atoms with Crippen molar-refractivity contribution in [2.75, 3.05) is 19.7 Å². The lowest BCUT2D eigenvalue weighted by Gasteiger charge is -2.23. The van der Waals surface area contributed by atoms with E-state index in [2.05, 4.69) is 24.0 Å². The molecule has 2 rings (SSSR count). The molecule has 0 aliphatic rings. The standard InChI is InChI=1S/C19H25NO2/c1-2-20(13-17-9-5-3-6-10-17)14-19(21)16-22-15-18-11-7-4-8-12-18/h3-12,19,21H,2,13-16H2,1H3/t19-/m1/s1. The summed E-state index contributed by atoms with van der Waals surface area (Å²) in [6.07, 6.45) is -0.465. The second kappa shape index (κ2) is 9.36. The Balaban J connectivity index is 1.71. The molecule has 1 N–H and O–H groups in total. The first-order valence-electron chi connectivity index (χ1n) is 7.84. The molecule has 0 aliphatic heterocycles. The van der Waals surface area contributed by atoms with Crippen molar-refractivity contribution < 1.29 is 9.84 Å². The fraction of sp³-hybridized carbons (Fsp3) is 0.368. The van der Waals surface area contributed by atoms with Crippen LogP contribution in [0.2, 0.25) is 0 Å². The van der Waals surface area contributed by atoms with Gasteiger partial charge >= 0.3 is 0 Å². The molecule has 2 aromatic rings. The van der Waals surface area contributed by atoms with Crippen LogP contribution in [0.1, 0.15) is 18.1 Å². The fourth-order valence-corrected chi connectivity index (χ4v) is 2.38. The molecule has 0 radical (unpaired) electrons. The number of rotatable bonds is 9. The van der Waals surface area contributed by atoms with Crippen molar-refractivity contribution in [3.05, 3.63) is 71.8 Å². The van der Waals surface area contributed by atoms with Crippen molar-refractivity contribution in [2.45, 2.75) is 26.2 Å². The molecule has 22 heavy (non-hydrogen) atoms. The van der Waals surface area contributed by atoms with E-state index in [9.17, 15) is 5.11 Å². The van der Waals surface area contributed by atoms with Crippen LogP contribution in [0.15, 0.2) is 60.7 Å². The minimum Gasteiger partial charge on any atom is -0.389 e. The predicted octanol–water partition coefficient (Wildman–Crippen LogP) is 3.09. The van der Waals surface area contributed by atoms with Crippen molar-refractivity contribution in [3.8, 4) is 0 Å². The molecule has 1 atom stereocenters. The molecular weight excluding hydrogens is 274 g/mol. The molecule has 118 valence electrons. The first-order chi connectivity index (χ1) is 10.8. The van der Waals surface area contributed by atoms with Gasteiger partial charge in [-0.25, -0.2) is 0 Å². The van der Waals surface area contributed by atoms with Crippen LogP contribution in [0.4, 0.5) is 0 Å². The highest BCUT2D eigenvalue weighted by atomic mass is 16.5. The maximum absolute atomic E-state index is 10.1. The first kappa shape index (κ1) is 16.7. The zero-order valence-electron chi connectivity index (χ0n) is 13.2. The Labute approximate surface area is 133 Å². The third-order valence-electron chi connectivity index (χ3n) is 3.59. The van der Waals surface area contributed by atoms with E-state index < -0.39 is 6.10 Å². The molecule has 0 saturated heterocycles. The minimum absolute atomic E-state index is 0.361. The van der Waals surface area contributed by atoms with E-state index in [0.717, 1.165) is 18.7 Å². The Morgan fingerprint density at radius 1 is 0.955 bits per heavy atom. The van der Waals surface area contributed by atoms with E-state index in [1.807, 2.05) is 48.5 Å². The number of benzene rings is 2. The lowest BCUT2D eigenvalue weighted by Crippen LogP contribution is -2.34. The largest absolute Gasteiger partial charge is 0.389 e. The smallest absolute Gasteiger partial charge is 0.0900 e. The molecule has 0 unspecified atom stereocenters. The molecule has 0 aliphatic carbocycles. The van der Waals surface area contributed by atoms with Gasteiger partial charge in [0.05, 0.1) is 19.3 Å². The quantitative estimate of drug-likeness (QED) is 0.772. The van der Waals surface area contributed by atoms with Gasteiger partial charge in [-0.15, -0.1) is 0 Å². The van der Waals surface area contributed by atoms with Crippen molar-refractivity contribution in [1.82, 2.24) is 4.90 Å². The van der Waals surface area contributed by atoms with Gasteiger partial charge in [0, 0.05) is 13.1 Å². The summed E-state index contributed by atoms with van der Waals surface area (Å²) in [7, 11) is 0. The highest BCUT2D eigenvalue weighted by Gasteiger charge is 2.11. The number of aliphatic hydroxyl groups is 1. The summed E-state index contributed by atoms with van der Waals surface area (Å²) < 4.78 is 5.60. The van der Waals surface area contributed by atoms with Gasteiger partial charge in [0.1, 0.15) is 0 Å². The number of likely N-dealkylation sites (N-methyl/N-ethyl adjacent to an activating group) is 1. The lowest BCUT2D eigenvalue weighted by atomic mass is 10.2. The SMILES string of the molecule is CCN(Cc1ccccc1)C[C@@H](O)COCc1ccccc1. The van der Waals surface area contributed by atoms with Crippen LogP contribution in [-0.4, -0.2) is 35.8 Å². The summed E-state index contributed by atoms with van der Waals surface area (Å²) in [6, 6.07) is 20.4. The van der Waals surface area contributed by atoms with Crippen LogP contribution in [0.25, 0.3) is 0 Å². The minimum atomic E-state index is -0.465. The predicted molar refractivity (Wildman–Crippen MR) is 89.5 cm³/mol. The van der Waals surface area contributed by atoms with E-state index in [-0.39, 0.29) is 0 Å². The molecule has 0 bridgehead atoms. The van der Waals surface area contributed by atoms with Gasteiger partial charge in [-0.1, -0.05) is 67.6 Å². The fourth-order valence-electron chi connectivity index (χ4n) is 2.38. The second-order valence-electron chi connectivity index (χ2n) is 5.47. The van der Waals surface area contributed by atoms with Gasteiger partial charge in [0.2, 0.25) is 0 Å². The average molecular weight is 299 g/mol. The molecule has 0 spiro atoms. The number of nitrogens with zero attached hydrogens (tertiary/aromatic N) is 1. The van der Waals surface area contributed by atoms with Crippen LogP contribution in [-0.2, 0) is 17.9 Å². The summed E-state index contributed by atoms with van der Waals surface area (Å²) in [5.41, 5.74) is 2.40. The maximum atomic E-state index is 10.1. The molecule has 0 amide bonds. The molecule has 0 aromatic heterocycles. The van der Waals surface area contributed by atoms with Gasteiger partial charge in [-0.05, 0) is 17.7 Å². The van der Waals surface area contributed by atoms with Crippen molar-refractivity contribution in [3.63, 3.8) is 0 Å². The Morgan fingerprint density at radius 3 is 2.14 bits per heavy atom. The Kier molecular flexibility index (Phi) is 7.10. The van der Waals surface area contributed by atoms with Crippen LogP contribution in [0.3, 0.4) is 0 Å². The molecule has 3 nitrogen and oxygen atoms in total. The Bertz CT molecular complexity index is 515. The summed E-state index contributed by atoms with van der Waals surface area (Å²) >= 11 is 0. The third-order valence-corrected chi connectivity index (χ3v) is 3.59. The molecular formula is C19H25NO2. The molecule has 2 aromatic carbocycles. The summed E-state index contributed by atoms with van der Waals surface area (Å²) in [4.78, 5) is 2.23. The number of aliphatic hydroxyl groups excluding tert-OH is 1. The monoisotopic (exact) mass is 299 g/mol. The highest BCUT2D eigenvalue weighted by Crippen LogP contribution is 2.06. The summed E-state index contributed by atoms with van der Waals surface area (Å²) in [5, 5.41) is 10.1. The molecule has 0 fully saturated rings. The number of hydrogen-bond acceptors (Lipinski definition) is 3. The van der Waals surface area contributed by atoms with Crippen LogP contribution in [0, 0.1) is 0 Å². The Morgan fingerprint density at radius 2 is 1.55 bits per heavy atom. The Hall–Kier alpha value is -1.68. The van der Waals surface area contributed by atoms with E-state index in [1.165, 1.54) is 5.56 Å². The van der Waals surface area contributed by atoms with E-state index in [4.69, 9.17) is 4.74 Å². The van der Waals surface area contributed by atoms with E-state index >= 15 is 0 Å². The zero-order valence-corrected chi connectivity index (χ0v) is 13.2. The van der Waals surface area contributed by atoms with Gasteiger partial charge in [0.15, 0.2) is 0 Å². The average Bonchev–Trinajstić information content (AvgIpc) is 2.56. The summed E-state index contributed by atoms with van der Waals surface area (Å²) in [6.45, 7) is 5.40. The van der Waals surface area contributed by atoms with Gasteiger partial charge in [-0.3, -0.25) is 4.90 Å².